The highest BCUT2D eigenvalue weighted by molar-refractivity contribution is 6.00. The average Bonchev–Trinajstić information content (AvgIpc) is 2.68. The Morgan fingerprint density at radius 1 is 1.12 bits per heavy atom. The molecule has 134 valence electrons. The third-order valence-electron chi connectivity index (χ3n) is 4.18. The molecule has 0 aliphatic carbocycles. The molecule has 0 N–H and O–H groups in total. The fourth-order valence-electron chi connectivity index (χ4n) is 2.81. The molecule has 26 heavy (non-hydrogen) atoms. The zero-order chi connectivity index (χ0) is 18.5. The monoisotopic (exact) mass is 351 g/mol. The Hall–Kier alpha value is -3.08. The van der Waals surface area contributed by atoms with Gasteiger partial charge in [-0.05, 0) is 38.1 Å². The second kappa shape index (κ2) is 7.87. The number of nitrogens with zero attached hydrogens (tertiary/aromatic N) is 1. The molecule has 5 nitrogen and oxygen atoms in total. The lowest BCUT2D eigenvalue weighted by Crippen LogP contribution is -2.40. The molecule has 0 fully saturated rings. The van der Waals surface area contributed by atoms with E-state index in [9.17, 15) is 9.59 Å². The molecule has 1 heterocycles. The van der Waals surface area contributed by atoms with Gasteiger partial charge in [0.1, 0.15) is 12.4 Å². The molecule has 0 radical (unpaired) electrons. The van der Waals surface area contributed by atoms with Crippen molar-refractivity contribution in [3.63, 3.8) is 0 Å². The molecule has 0 saturated carbocycles. The fraction of sp³-hybridized carbons (Fsp3) is 0.238. The number of hydrogen-bond acceptors (Lipinski definition) is 4. The fourth-order valence-corrected chi connectivity index (χ4v) is 2.81. The van der Waals surface area contributed by atoms with Crippen molar-refractivity contribution in [1.82, 2.24) is 0 Å². The summed E-state index contributed by atoms with van der Waals surface area (Å²) in [6.45, 7) is 4.09. The van der Waals surface area contributed by atoms with Crippen LogP contribution in [0.4, 0.5) is 5.69 Å². The number of anilines is 1. The van der Waals surface area contributed by atoms with Crippen molar-refractivity contribution in [2.24, 2.45) is 0 Å². The predicted octanol–water partition coefficient (Wildman–Crippen LogP) is 3.45. The number of ether oxygens (including phenoxy) is 2. The maximum atomic E-state index is 12.7. The Balaban J connectivity index is 1.69. The van der Waals surface area contributed by atoms with Crippen LogP contribution in [-0.4, -0.2) is 31.1 Å². The number of esters is 1. The normalized spacial score (nSPS) is 13.7. The lowest BCUT2D eigenvalue weighted by atomic mass is 10.1. The Labute approximate surface area is 152 Å². The van der Waals surface area contributed by atoms with Gasteiger partial charge in [-0.15, -0.1) is 0 Å². The number of carbonyl (C=O) groups excluding carboxylic acids is 2. The molecule has 1 aliphatic heterocycles. The minimum Gasteiger partial charge on any atom is -0.488 e. The van der Waals surface area contributed by atoms with E-state index in [1.165, 1.54) is 0 Å². The zero-order valence-corrected chi connectivity index (χ0v) is 14.8. The van der Waals surface area contributed by atoms with Gasteiger partial charge in [0.25, 0.3) is 5.91 Å². The summed E-state index contributed by atoms with van der Waals surface area (Å²) < 4.78 is 11.0. The minimum absolute atomic E-state index is 0.132. The number of likely N-dealkylation sites (N-methyl/N-ethyl adjacent to an activating group) is 1. The molecule has 3 rings (SSSR count). The number of para-hydroxylation sites is 2. The first-order valence-electron chi connectivity index (χ1n) is 8.60. The van der Waals surface area contributed by atoms with Gasteiger partial charge >= 0.3 is 5.97 Å². The summed E-state index contributed by atoms with van der Waals surface area (Å²) in [5.41, 5.74) is 1.99. The van der Waals surface area contributed by atoms with Crippen molar-refractivity contribution in [3.8, 4) is 5.75 Å². The second-order valence-electron chi connectivity index (χ2n) is 5.96. The maximum absolute atomic E-state index is 12.7. The zero-order valence-electron chi connectivity index (χ0n) is 14.8. The molecular formula is C21H21NO4. The summed E-state index contributed by atoms with van der Waals surface area (Å²) >= 11 is 0. The number of benzene rings is 2. The Kier molecular flexibility index (Phi) is 5.37. The van der Waals surface area contributed by atoms with E-state index < -0.39 is 12.1 Å². The molecule has 1 aliphatic rings. The van der Waals surface area contributed by atoms with Gasteiger partial charge in [-0.1, -0.05) is 36.4 Å². The van der Waals surface area contributed by atoms with Crippen LogP contribution in [0.3, 0.4) is 0 Å². The van der Waals surface area contributed by atoms with E-state index in [1.54, 1.807) is 17.9 Å². The molecule has 2 aromatic rings. The molecule has 5 heteroatoms. The van der Waals surface area contributed by atoms with Crippen molar-refractivity contribution < 1.29 is 19.1 Å². The van der Waals surface area contributed by atoms with Crippen molar-refractivity contribution >= 4 is 23.6 Å². The molecule has 1 atom stereocenters. The second-order valence-corrected chi connectivity index (χ2v) is 5.96. The first-order chi connectivity index (χ1) is 12.6. The molecule has 0 bridgehead atoms. The summed E-state index contributed by atoms with van der Waals surface area (Å²) in [4.78, 5) is 26.7. The van der Waals surface area contributed by atoms with E-state index in [-0.39, 0.29) is 12.5 Å². The van der Waals surface area contributed by atoms with E-state index >= 15 is 0 Å². The summed E-state index contributed by atoms with van der Waals surface area (Å²) in [6.07, 6.45) is 0.855. The van der Waals surface area contributed by atoms with Crippen LogP contribution in [-0.2, 0) is 14.3 Å². The van der Waals surface area contributed by atoms with Crippen LogP contribution in [0, 0.1) is 0 Å². The van der Waals surface area contributed by atoms with Gasteiger partial charge in [0.05, 0.1) is 5.57 Å². The molecule has 0 unspecified atom stereocenters. The van der Waals surface area contributed by atoms with Crippen LogP contribution < -0.4 is 9.64 Å². The third-order valence-corrected chi connectivity index (χ3v) is 4.18. The number of rotatable bonds is 5. The van der Waals surface area contributed by atoms with Crippen LogP contribution in [0.5, 0.6) is 5.75 Å². The van der Waals surface area contributed by atoms with Crippen LogP contribution in [0.25, 0.3) is 6.08 Å². The van der Waals surface area contributed by atoms with E-state index in [0.29, 0.717) is 12.1 Å². The summed E-state index contributed by atoms with van der Waals surface area (Å²) in [5.74, 6) is -0.0661. The number of fused-ring (bicyclic) bond motifs is 1. The van der Waals surface area contributed by atoms with Crippen LogP contribution >= 0.6 is 0 Å². The first kappa shape index (κ1) is 17.7. The molecular weight excluding hydrogens is 330 g/mol. The number of carbonyl (C=O) groups is 2. The molecule has 2 aromatic carbocycles. The van der Waals surface area contributed by atoms with Gasteiger partial charge in [-0.3, -0.25) is 4.79 Å². The molecule has 1 amide bonds. The van der Waals surface area contributed by atoms with Gasteiger partial charge in [-0.2, -0.15) is 0 Å². The maximum Gasteiger partial charge on any atom is 0.338 e. The highest BCUT2D eigenvalue weighted by atomic mass is 16.6. The van der Waals surface area contributed by atoms with Gasteiger partial charge < -0.3 is 14.4 Å². The van der Waals surface area contributed by atoms with Crippen LogP contribution in [0.2, 0.25) is 0 Å². The SMILES string of the molecule is CCN(C(=O)[C@H](C)OC(=O)C1=Cc2ccccc2OC1)c1ccccc1. The third kappa shape index (κ3) is 3.77. The van der Waals surface area contributed by atoms with E-state index in [1.807, 2.05) is 61.5 Å². The van der Waals surface area contributed by atoms with Crippen LogP contribution in [0.1, 0.15) is 19.4 Å². The van der Waals surface area contributed by atoms with E-state index in [0.717, 1.165) is 17.0 Å². The van der Waals surface area contributed by atoms with E-state index in [2.05, 4.69) is 0 Å². The Morgan fingerprint density at radius 3 is 2.54 bits per heavy atom. The average molecular weight is 351 g/mol. The Morgan fingerprint density at radius 2 is 1.81 bits per heavy atom. The van der Waals surface area contributed by atoms with Gasteiger partial charge in [-0.25, -0.2) is 4.79 Å². The molecule has 0 spiro atoms. The first-order valence-corrected chi connectivity index (χ1v) is 8.60. The summed E-state index contributed by atoms with van der Waals surface area (Å²) in [6, 6.07) is 16.8. The van der Waals surface area contributed by atoms with Crippen molar-refractivity contribution in [1.29, 1.82) is 0 Å². The van der Waals surface area contributed by atoms with Crippen molar-refractivity contribution in [2.45, 2.75) is 20.0 Å². The smallest absolute Gasteiger partial charge is 0.338 e. The molecule has 0 saturated heterocycles. The quantitative estimate of drug-likeness (QED) is 0.774. The van der Waals surface area contributed by atoms with Crippen molar-refractivity contribution in [2.75, 3.05) is 18.1 Å². The predicted molar refractivity (Wildman–Crippen MR) is 99.9 cm³/mol. The number of hydrogen-bond donors (Lipinski definition) is 0. The standard InChI is InChI=1S/C21H21NO4/c1-3-22(18-10-5-4-6-11-18)20(23)15(2)26-21(24)17-13-16-9-7-8-12-19(16)25-14-17/h4-13,15H,3,14H2,1-2H3/t15-/m0/s1. The van der Waals surface area contributed by atoms with E-state index in [4.69, 9.17) is 9.47 Å². The van der Waals surface area contributed by atoms with Gasteiger partial charge in [0.15, 0.2) is 6.10 Å². The van der Waals surface area contributed by atoms with Crippen LogP contribution in [0.15, 0.2) is 60.2 Å². The Bertz CT molecular complexity index is 829. The highest BCUT2D eigenvalue weighted by Gasteiger charge is 2.26. The highest BCUT2D eigenvalue weighted by Crippen LogP contribution is 2.26. The largest absolute Gasteiger partial charge is 0.488 e. The summed E-state index contributed by atoms with van der Waals surface area (Å²) in [7, 11) is 0. The minimum atomic E-state index is -0.888. The lowest BCUT2D eigenvalue weighted by Gasteiger charge is -2.25. The number of amides is 1. The molecule has 0 aromatic heterocycles. The van der Waals surface area contributed by atoms with Crippen molar-refractivity contribution in [3.05, 3.63) is 65.7 Å². The lowest BCUT2D eigenvalue weighted by molar-refractivity contribution is -0.150. The van der Waals surface area contributed by atoms with Gasteiger partial charge in [0.2, 0.25) is 0 Å². The summed E-state index contributed by atoms with van der Waals surface area (Å²) in [5, 5.41) is 0. The topological polar surface area (TPSA) is 55.8 Å². The van der Waals surface area contributed by atoms with Gasteiger partial charge in [0, 0.05) is 17.8 Å².